The fourth-order valence-corrected chi connectivity index (χ4v) is 3.41. The maximum atomic E-state index is 12.4. The quantitative estimate of drug-likeness (QED) is 0.893. The lowest BCUT2D eigenvalue weighted by molar-refractivity contribution is -0.910. The molecule has 3 rings (SSSR count). The molecule has 1 aliphatic heterocycles. The average molecular weight is 309 g/mol. The molecule has 5 heteroatoms. The lowest BCUT2D eigenvalue weighted by Gasteiger charge is -2.21. The van der Waals surface area contributed by atoms with Gasteiger partial charge < -0.3 is 14.8 Å². The highest BCUT2D eigenvalue weighted by Gasteiger charge is 2.33. The van der Waals surface area contributed by atoms with Crippen molar-refractivity contribution in [3.8, 4) is 6.07 Å². The van der Waals surface area contributed by atoms with Gasteiger partial charge in [0, 0.05) is 26.1 Å². The van der Waals surface area contributed by atoms with Crippen LogP contribution >= 0.6 is 0 Å². The van der Waals surface area contributed by atoms with E-state index in [1.54, 1.807) is 18.2 Å². The van der Waals surface area contributed by atoms with E-state index < -0.39 is 0 Å². The molecule has 2 heterocycles. The Morgan fingerprint density at radius 2 is 2.22 bits per heavy atom. The van der Waals surface area contributed by atoms with Crippen molar-refractivity contribution in [2.24, 2.45) is 7.05 Å². The van der Waals surface area contributed by atoms with Crippen LogP contribution in [0.1, 0.15) is 30.1 Å². The predicted molar refractivity (Wildman–Crippen MR) is 87.9 cm³/mol. The zero-order valence-electron chi connectivity index (χ0n) is 13.2. The second-order valence-corrected chi connectivity index (χ2v) is 6.03. The number of para-hydroxylation sites is 1. The zero-order chi connectivity index (χ0) is 16.2. The summed E-state index contributed by atoms with van der Waals surface area (Å²) in [6.45, 7) is 1.43. The third-order valence-corrected chi connectivity index (χ3v) is 4.53. The third-order valence-electron chi connectivity index (χ3n) is 4.53. The van der Waals surface area contributed by atoms with Crippen LogP contribution in [0.4, 0.5) is 5.69 Å². The summed E-state index contributed by atoms with van der Waals surface area (Å²) in [6.07, 6.45) is 4.29. The lowest BCUT2D eigenvalue weighted by atomic mass is 10.1. The monoisotopic (exact) mass is 309 g/mol. The number of anilines is 1. The van der Waals surface area contributed by atoms with Crippen molar-refractivity contribution >= 4 is 11.6 Å². The number of quaternary nitrogens is 1. The lowest BCUT2D eigenvalue weighted by Crippen LogP contribution is -3.11. The van der Waals surface area contributed by atoms with E-state index >= 15 is 0 Å². The van der Waals surface area contributed by atoms with Crippen LogP contribution in [0, 0.1) is 11.3 Å². The Morgan fingerprint density at radius 1 is 1.39 bits per heavy atom. The smallest absolute Gasteiger partial charge is 0.279 e. The topological polar surface area (TPSA) is 62.3 Å². The summed E-state index contributed by atoms with van der Waals surface area (Å²) in [5, 5.41) is 12.0. The van der Waals surface area contributed by atoms with E-state index in [2.05, 4.69) is 41.3 Å². The van der Waals surface area contributed by atoms with E-state index in [9.17, 15) is 4.79 Å². The summed E-state index contributed by atoms with van der Waals surface area (Å²) >= 11 is 0. The molecule has 0 spiro atoms. The number of rotatable bonds is 4. The van der Waals surface area contributed by atoms with Gasteiger partial charge in [0.15, 0.2) is 6.54 Å². The largest absolute Gasteiger partial charge is 0.350 e. The Balaban J connectivity index is 1.68. The number of carbonyl (C=O) groups excluding carboxylic acids is 1. The van der Waals surface area contributed by atoms with Gasteiger partial charge in [0.25, 0.3) is 5.91 Å². The minimum Gasteiger partial charge on any atom is -0.350 e. The SMILES string of the molecule is Cn1cccc1[C@@H]1CCC[NH+]1CC(=O)Nc1ccccc1C#N. The first-order chi connectivity index (χ1) is 11.2. The van der Waals surface area contributed by atoms with Crippen LogP contribution in [-0.4, -0.2) is 23.6 Å². The first-order valence-corrected chi connectivity index (χ1v) is 7.94. The van der Waals surface area contributed by atoms with E-state index in [1.807, 2.05) is 6.07 Å². The number of aromatic nitrogens is 1. The Labute approximate surface area is 136 Å². The average Bonchev–Trinajstić information content (AvgIpc) is 3.16. The van der Waals surface area contributed by atoms with Crippen molar-refractivity contribution in [1.29, 1.82) is 5.26 Å². The van der Waals surface area contributed by atoms with E-state index in [0.717, 1.165) is 19.4 Å². The second-order valence-electron chi connectivity index (χ2n) is 6.03. The normalized spacial score (nSPS) is 20.2. The zero-order valence-corrected chi connectivity index (χ0v) is 13.2. The van der Waals surface area contributed by atoms with Crippen LogP contribution in [0.25, 0.3) is 0 Å². The highest BCUT2D eigenvalue weighted by atomic mass is 16.2. The van der Waals surface area contributed by atoms with Crippen LogP contribution in [0.5, 0.6) is 0 Å². The molecule has 118 valence electrons. The summed E-state index contributed by atoms with van der Waals surface area (Å²) < 4.78 is 2.14. The number of likely N-dealkylation sites (tertiary alicyclic amines) is 1. The molecule has 1 aliphatic rings. The first-order valence-electron chi connectivity index (χ1n) is 7.94. The molecule has 1 saturated heterocycles. The van der Waals surface area contributed by atoms with Crippen LogP contribution in [0.15, 0.2) is 42.6 Å². The molecule has 0 aliphatic carbocycles. The predicted octanol–water partition coefficient (Wildman–Crippen LogP) is 1.26. The van der Waals surface area contributed by atoms with Crippen LogP contribution in [-0.2, 0) is 11.8 Å². The Kier molecular flexibility index (Phi) is 4.45. The molecule has 1 aromatic heterocycles. The van der Waals surface area contributed by atoms with Gasteiger partial charge >= 0.3 is 0 Å². The molecular formula is C18H21N4O+. The van der Waals surface area contributed by atoms with E-state index in [1.165, 1.54) is 10.6 Å². The molecule has 1 aromatic carbocycles. The highest BCUT2D eigenvalue weighted by Crippen LogP contribution is 2.19. The molecule has 0 radical (unpaired) electrons. The second kappa shape index (κ2) is 6.67. The van der Waals surface area contributed by atoms with E-state index in [0.29, 0.717) is 23.8 Å². The number of amides is 1. The maximum Gasteiger partial charge on any atom is 0.279 e. The number of benzene rings is 1. The first kappa shape index (κ1) is 15.3. The van der Waals surface area contributed by atoms with Crippen molar-refractivity contribution in [3.63, 3.8) is 0 Å². The highest BCUT2D eigenvalue weighted by molar-refractivity contribution is 5.92. The number of nitriles is 1. The van der Waals surface area contributed by atoms with Crippen LogP contribution in [0.2, 0.25) is 0 Å². The molecular weight excluding hydrogens is 288 g/mol. The summed E-state index contributed by atoms with van der Waals surface area (Å²) in [5.41, 5.74) is 2.37. The molecule has 1 amide bonds. The van der Waals surface area contributed by atoms with Gasteiger partial charge in [-0.05, 0) is 24.3 Å². The maximum absolute atomic E-state index is 12.4. The summed E-state index contributed by atoms with van der Waals surface area (Å²) in [6, 6.07) is 13.8. The van der Waals surface area contributed by atoms with E-state index in [-0.39, 0.29) is 5.91 Å². The van der Waals surface area contributed by atoms with Gasteiger partial charge in [-0.1, -0.05) is 12.1 Å². The third kappa shape index (κ3) is 3.27. The number of hydrogen-bond acceptors (Lipinski definition) is 2. The minimum absolute atomic E-state index is 0.0381. The molecule has 1 fully saturated rings. The Morgan fingerprint density at radius 3 is 2.96 bits per heavy atom. The fraction of sp³-hybridized carbons (Fsp3) is 0.333. The number of nitrogens with zero attached hydrogens (tertiary/aromatic N) is 2. The Hall–Kier alpha value is -2.58. The van der Waals surface area contributed by atoms with Crippen molar-refractivity contribution < 1.29 is 9.69 Å². The van der Waals surface area contributed by atoms with Crippen molar-refractivity contribution in [2.75, 3.05) is 18.4 Å². The number of nitrogens with one attached hydrogen (secondary N) is 2. The van der Waals surface area contributed by atoms with Gasteiger partial charge in [0.05, 0.1) is 23.5 Å². The van der Waals surface area contributed by atoms with Crippen LogP contribution < -0.4 is 10.2 Å². The molecule has 0 saturated carbocycles. The van der Waals surface area contributed by atoms with E-state index in [4.69, 9.17) is 5.26 Å². The van der Waals surface area contributed by atoms with Gasteiger partial charge in [-0.25, -0.2) is 0 Å². The summed E-state index contributed by atoms with van der Waals surface area (Å²) in [7, 11) is 2.05. The molecule has 2 atom stereocenters. The van der Waals surface area contributed by atoms with Crippen LogP contribution in [0.3, 0.4) is 0 Å². The van der Waals surface area contributed by atoms with Crippen molar-refractivity contribution in [2.45, 2.75) is 18.9 Å². The van der Waals surface area contributed by atoms with Gasteiger partial charge in [-0.15, -0.1) is 0 Å². The van der Waals surface area contributed by atoms with Gasteiger partial charge in [0.1, 0.15) is 12.1 Å². The molecule has 5 nitrogen and oxygen atoms in total. The van der Waals surface area contributed by atoms with Crippen molar-refractivity contribution in [3.05, 3.63) is 53.9 Å². The molecule has 0 bridgehead atoms. The fourth-order valence-electron chi connectivity index (χ4n) is 3.41. The van der Waals surface area contributed by atoms with Crippen molar-refractivity contribution in [1.82, 2.24) is 4.57 Å². The van der Waals surface area contributed by atoms with Gasteiger partial charge in [-0.2, -0.15) is 5.26 Å². The number of hydrogen-bond donors (Lipinski definition) is 2. The number of carbonyl (C=O) groups is 1. The van der Waals surface area contributed by atoms with Gasteiger partial charge in [0.2, 0.25) is 0 Å². The summed E-state index contributed by atoms with van der Waals surface area (Å²) in [4.78, 5) is 13.7. The standard InChI is InChI=1S/C18H20N4O/c1-21-10-4-8-16(21)17-9-5-11-22(17)13-18(23)20-15-7-3-2-6-14(15)12-19/h2-4,6-8,10,17H,5,9,11,13H2,1H3,(H,20,23)/p+1/t17-/m0/s1. The number of aryl methyl sites for hydroxylation is 1. The minimum atomic E-state index is -0.0381. The molecule has 2 aromatic rings. The molecule has 23 heavy (non-hydrogen) atoms. The van der Waals surface area contributed by atoms with Gasteiger partial charge in [-0.3, -0.25) is 4.79 Å². The molecule has 2 N–H and O–H groups in total. The Bertz CT molecular complexity index is 743. The molecule has 1 unspecified atom stereocenters. The summed E-state index contributed by atoms with van der Waals surface area (Å²) in [5.74, 6) is -0.0381.